The number of para-hydroxylation sites is 1. The van der Waals surface area contributed by atoms with Crippen molar-refractivity contribution in [2.45, 2.75) is 31.5 Å². The first-order chi connectivity index (χ1) is 20.5. The highest BCUT2D eigenvalue weighted by Crippen LogP contribution is 2.38. The van der Waals surface area contributed by atoms with Crippen LogP contribution in [0.4, 0.5) is 5.69 Å². The fourth-order valence-corrected chi connectivity index (χ4v) is 5.16. The molecule has 0 spiro atoms. The van der Waals surface area contributed by atoms with Gasteiger partial charge in [-0.15, -0.1) is 5.10 Å². The number of rotatable bonds is 9. The van der Waals surface area contributed by atoms with Gasteiger partial charge >= 0.3 is 5.97 Å². The van der Waals surface area contributed by atoms with Crippen molar-refractivity contribution in [1.29, 1.82) is 0 Å². The number of benzene rings is 3. The van der Waals surface area contributed by atoms with Crippen molar-refractivity contribution in [3.63, 3.8) is 0 Å². The van der Waals surface area contributed by atoms with Crippen LogP contribution >= 0.6 is 0 Å². The molecule has 0 aliphatic carbocycles. The van der Waals surface area contributed by atoms with Crippen LogP contribution in [0.3, 0.4) is 0 Å². The second kappa shape index (κ2) is 11.9. The summed E-state index contributed by atoms with van der Waals surface area (Å²) in [7, 11) is 1.30. The summed E-state index contributed by atoms with van der Waals surface area (Å²) in [4.78, 5) is 41.8. The number of methoxy groups -OCH3 is 1. The van der Waals surface area contributed by atoms with Gasteiger partial charge in [0.05, 0.1) is 24.3 Å². The first-order valence-corrected chi connectivity index (χ1v) is 13.6. The number of nitrogens with zero attached hydrogens (tertiary/aromatic N) is 4. The van der Waals surface area contributed by atoms with Gasteiger partial charge in [0.2, 0.25) is 18.6 Å². The summed E-state index contributed by atoms with van der Waals surface area (Å²) in [6.45, 7) is 0.807. The lowest BCUT2D eigenvalue weighted by molar-refractivity contribution is -0.127. The molecule has 6 rings (SSSR count). The number of amides is 2. The molecule has 42 heavy (non-hydrogen) atoms. The van der Waals surface area contributed by atoms with Crippen molar-refractivity contribution < 1.29 is 33.3 Å². The number of anilines is 1. The summed E-state index contributed by atoms with van der Waals surface area (Å²) in [5, 5.41) is 11.3. The van der Waals surface area contributed by atoms with Gasteiger partial charge in [0.15, 0.2) is 11.5 Å². The van der Waals surface area contributed by atoms with E-state index in [2.05, 4.69) is 15.6 Å². The molecule has 1 aromatic heterocycles. The molecule has 3 aromatic carbocycles. The minimum Gasteiger partial charge on any atom is -0.465 e. The van der Waals surface area contributed by atoms with Gasteiger partial charge in [0, 0.05) is 24.9 Å². The Balaban J connectivity index is 1.41. The molecule has 12 nitrogen and oxygen atoms in total. The number of ether oxygens (including phenoxy) is 4. The third-order valence-corrected chi connectivity index (χ3v) is 7.29. The predicted molar refractivity (Wildman–Crippen MR) is 150 cm³/mol. The van der Waals surface area contributed by atoms with Crippen LogP contribution in [0.15, 0.2) is 66.7 Å². The molecule has 0 unspecified atom stereocenters. The maximum absolute atomic E-state index is 14.2. The van der Waals surface area contributed by atoms with Crippen LogP contribution < -0.4 is 19.7 Å². The zero-order valence-corrected chi connectivity index (χ0v) is 22.9. The highest BCUT2D eigenvalue weighted by atomic mass is 16.7. The van der Waals surface area contributed by atoms with Crippen LogP contribution in [-0.2, 0) is 25.6 Å². The fourth-order valence-electron chi connectivity index (χ4n) is 5.16. The number of carbonyl (C=O) groups excluding carboxylic acids is 3. The molecule has 3 heterocycles. The number of esters is 1. The topological polar surface area (TPSA) is 134 Å². The fraction of sp³-hybridized carbons (Fsp3) is 0.300. The smallest absolute Gasteiger partial charge is 0.337 e. The first-order valence-electron chi connectivity index (χ1n) is 13.6. The van der Waals surface area contributed by atoms with E-state index < -0.39 is 23.8 Å². The Morgan fingerprint density at radius 1 is 1.07 bits per heavy atom. The summed E-state index contributed by atoms with van der Waals surface area (Å²) in [5.74, 6) is -0.349. The SMILES string of the molecule is COC(=O)c1ccc([C@@H](C(=O)NC[C@@H]2CCCO2)N(C(=O)Cn2nnc3ccccc32)c2ccc3c(c2)OCO3)cc1. The maximum Gasteiger partial charge on any atom is 0.337 e. The molecular weight excluding hydrogens is 542 g/mol. The molecule has 0 radical (unpaired) electrons. The summed E-state index contributed by atoms with van der Waals surface area (Å²) < 4.78 is 23.1. The number of fused-ring (bicyclic) bond motifs is 2. The highest BCUT2D eigenvalue weighted by Gasteiger charge is 2.35. The van der Waals surface area contributed by atoms with E-state index in [1.54, 1.807) is 42.5 Å². The minimum atomic E-state index is -1.11. The van der Waals surface area contributed by atoms with E-state index in [4.69, 9.17) is 18.9 Å². The average Bonchev–Trinajstić information content (AvgIpc) is 3.80. The van der Waals surface area contributed by atoms with Gasteiger partial charge in [-0.25, -0.2) is 9.48 Å². The van der Waals surface area contributed by atoms with Gasteiger partial charge in [0.25, 0.3) is 0 Å². The molecule has 216 valence electrons. The monoisotopic (exact) mass is 571 g/mol. The van der Waals surface area contributed by atoms with Crippen molar-refractivity contribution in [1.82, 2.24) is 20.3 Å². The maximum atomic E-state index is 14.2. The highest BCUT2D eigenvalue weighted by molar-refractivity contribution is 6.02. The van der Waals surface area contributed by atoms with E-state index in [1.807, 2.05) is 24.3 Å². The Morgan fingerprint density at radius 2 is 1.88 bits per heavy atom. The second-order valence-corrected chi connectivity index (χ2v) is 9.93. The molecule has 2 aliphatic rings. The molecule has 1 fully saturated rings. The second-order valence-electron chi connectivity index (χ2n) is 9.93. The Labute approximate surface area is 241 Å². The molecule has 2 amide bonds. The zero-order chi connectivity index (χ0) is 29.1. The average molecular weight is 572 g/mol. The van der Waals surface area contributed by atoms with E-state index in [0.717, 1.165) is 12.8 Å². The van der Waals surface area contributed by atoms with Crippen molar-refractivity contribution >= 4 is 34.5 Å². The van der Waals surface area contributed by atoms with Crippen molar-refractivity contribution in [3.05, 3.63) is 77.9 Å². The molecule has 2 aliphatic heterocycles. The summed E-state index contributed by atoms with van der Waals surface area (Å²) in [5.41, 5.74) is 2.54. The summed E-state index contributed by atoms with van der Waals surface area (Å²) >= 11 is 0. The third kappa shape index (κ3) is 5.48. The lowest BCUT2D eigenvalue weighted by atomic mass is 10.0. The minimum absolute atomic E-state index is 0.0535. The van der Waals surface area contributed by atoms with Crippen LogP contribution in [0, 0.1) is 0 Å². The molecule has 12 heteroatoms. The largest absolute Gasteiger partial charge is 0.465 e. The van der Waals surface area contributed by atoms with Crippen molar-refractivity contribution in [2.75, 3.05) is 32.0 Å². The van der Waals surface area contributed by atoms with Crippen LogP contribution in [0.1, 0.15) is 34.8 Å². The molecule has 0 saturated carbocycles. The Bertz CT molecular complexity index is 1610. The van der Waals surface area contributed by atoms with E-state index in [1.165, 1.54) is 16.7 Å². The van der Waals surface area contributed by atoms with Gasteiger partial charge < -0.3 is 24.3 Å². The molecule has 1 saturated heterocycles. The van der Waals surface area contributed by atoms with Crippen molar-refractivity contribution in [3.8, 4) is 11.5 Å². The Kier molecular flexibility index (Phi) is 7.69. The Hall–Kier alpha value is -4.97. The van der Waals surface area contributed by atoms with Gasteiger partial charge in [0.1, 0.15) is 18.1 Å². The molecule has 1 N–H and O–H groups in total. The van der Waals surface area contributed by atoms with Crippen LogP contribution in [0.25, 0.3) is 11.0 Å². The number of hydrogen-bond acceptors (Lipinski definition) is 9. The number of aromatic nitrogens is 3. The number of nitrogens with one attached hydrogen (secondary N) is 1. The summed E-state index contributed by atoms with van der Waals surface area (Å²) in [6, 6.07) is 17.7. The number of carbonyl (C=O) groups is 3. The normalized spacial score (nSPS) is 16.3. The lowest BCUT2D eigenvalue weighted by Crippen LogP contribution is -2.46. The van der Waals surface area contributed by atoms with Crippen LogP contribution in [-0.4, -0.2) is 65.9 Å². The molecule has 0 bridgehead atoms. The standard InChI is InChI=1S/C30H29N5O7/c1-39-30(38)20-10-8-19(9-11-20)28(29(37)31-16-22-5-4-14-40-22)35(21-12-13-25-26(15-21)42-18-41-25)27(36)17-34-24-7-3-2-6-23(24)32-33-34/h2-3,6-13,15,22,28H,4-5,14,16-18H2,1H3,(H,31,37)/t22-,28-/m0/s1. The molecule has 2 atom stereocenters. The van der Waals surface area contributed by atoms with Crippen LogP contribution in [0.2, 0.25) is 0 Å². The summed E-state index contributed by atoms with van der Waals surface area (Å²) in [6.07, 6.45) is 1.66. The van der Waals surface area contributed by atoms with Gasteiger partial charge in [-0.1, -0.05) is 29.5 Å². The van der Waals surface area contributed by atoms with Crippen molar-refractivity contribution in [2.24, 2.45) is 0 Å². The van der Waals surface area contributed by atoms with E-state index in [-0.39, 0.29) is 19.4 Å². The van der Waals surface area contributed by atoms with Crippen LogP contribution in [0.5, 0.6) is 11.5 Å². The van der Waals surface area contributed by atoms with Gasteiger partial charge in [-0.05, 0) is 54.8 Å². The molecular formula is C30H29N5O7. The zero-order valence-electron chi connectivity index (χ0n) is 22.9. The van der Waals surface area contributed by atoms with E-state index in [0.29, 0.717) is 52.5 Å². The first kappa shape index (κ1) is 27.2. The number of hydrogen-bond donors (Lipinski definition) is 1. The van der Waals surface area contributed by atoms with Gasteiger partial charge in [-0.3, -0.25) is 14.5 Å². The molecule has 4 aromatic rings. The predicted octanol–water partition coefficient (Wildman–Crippen LogP) is 3.02. The van der Waals surface area contributed by atoms with E-state index in [9.17, 15) is 14.4 Å². The van der Waals surface area contributed by atoms with Gasteiger partial charge in [-0.2, -0.15) is 0 Å². The quantitative estimate of drug-likeness (QED) is 0.301. The lowest BCUT2D eigenvalue weighted by Gasteiger charge is -2.32. The third-order valence-electron chi connectivity index (χ3n) is 7.29. The van der Waals surface area contributed by atoms with E-state index >= 15 is 0 Å². The Morgan fingerprint density at radius 3 is 2.67 bits per heavy atom.